The molecule has 10 nitrogen and oxygen atoms in total. The van der Waals surface area contributed by atoms with Crippen LogP contribution in [0.4, 0.5) is 0 Å². The molecule has 438 valence electrons. The third-order valence-corrected chi connectivity index (χ3v) is 14.4. The average molecular weight is 1180 g/mol. The Kier molecular flexibility index (Phi) is 29.5. The molecular formula is C70H85Cl3N8O2. The van der Waals surface area contributed by atoms with Crippen molar-refractivity contribution in [1.82, 2.24) is 32.4 Å². The maximum Gasteiger partial charge on any atom is 0.248 e. The molecule has 0 fully saturated rings. The van der Waals surface area contributed by atoms with E-state index in [1.807, 2.05) is 190 Å². The van der Waals surface area contributed by atoms with Gasteiger partial charge in [0.15, 0.2) is 0 Å². The van der Waals surface area contributed by atoms with Gasteiger partial charge in [0.2, 0.25) is 11.8 Å². The second-order valence-electron chi connectivity index (χ2n) is 18.6. The molecule has 10 N–H and O–H groups in total. The minimum atomic E-state index is -0.877. The number of halogens is 3. The Morgan fingerprint density at radius 3 is 0.916 bits per heavy atom. The van der Waals surface area contributed by atoms with Gasteiger partial charge in [-0.05, 0) is 79.4 Å². The molecule has 9 aromatic carbocycles. The second-order valence-corrected chi connectivity index (χ2v) is 19.8. The van der Waals surface area contributed by atoms with Crippen molar-refractivity contribution in [3.63, 3.8) is 0 Å². The third kappa shape index (κ3) is 16.6. The standard InChI is InChI=1S/C23H24ClN3O.C22H22ClN3O.C20H19ClN2.5CH4/c1-17-12-14-19(15-13-17)23(18-8-4-3-5-9-18,27-26-22(28)16-25-2)20-10-6-7-11-21(20)24;1-16-11-13-18(14-12-16)22(26-25-21(27)15-24,17-7-3-2-4-8-17)19-9-5-6-10-20(19)23;1-15-11-13-17(14-12-15)20(23-22,16-7-3-2-4-8-16)18-9-5-6-10-19(18)21;;;;;/h3-15,25,27H,16H2,1-2H3,(H,26,28);2-14,26H,15,24H2,1H3,(H,25,27);2-14,23H,22H2,1H3;5*1H4. The van der Waals surface area contributed by atoms with Crippen LogP contribution in [0.15, 0.2) is 237 Å². The van der Waals surface area contributed by atoms with E-state index in [0.717, 1.165) is 61.2 Å². The van der Waals surface area contributed by atoms with Crippen molar-refractivity contribution in [3.05, 3.63) is 318 Å². The lowest BCUT2D eigenvalue weighted by Crippen LogP contribution is -2.55. The van der Waals surface area contributed by atoms with Crippen molar-refractivity contribution in [1.29, 1.82) is 0 Å². The van der Waals surface area contributed by atoms with Gasteiger partial charge in [-0.25, -0.2) is 16.3 Å². The Morgan fingerprint density at radius 2 is 0.627 bits per heavy atom. The van der Waals surface area contributed by atoms with Gasteiger partial charge in [-0.3, -0.25) is 26.3 Å². The van der Waals surface area contributed by atoms with Crippen LogP contribution in [-0.2, 0) is 26.2 Å². The number of carbonyl (C=O) groups is 2. The number of hydrogen-bond donors (Lipinski definition) is 8. The molecule has 0 saturated carbocycles. The van der Waals surface area contributed by atoms with E-state index in [2.05, 4.69) is 100 Å². The third-order valence-electron chi connectivity index (χ3n) is 13.4. The lowest BCUT2D eigenvalue weighted by Gasteiger charge is -2.37. The number of aryl methyl sites for hydroxylation is 3. The molecule has 0 spiro atoms. The molecule has 9 aromatic rings. The molecule has 3 unspecified atom stereocenters. The summed E-state index contributed by atoms with van der Waals surface area (Å²) in [5, 5.41) is 4.75. The summed E-state index contributed by atoms with van der Waals surface area (Å²) in [5.41, 5.74) is 30.3. The van der Waals surface area contributed by atoms with Crippen molar-refractivity contribution in [2.75, 3.05) is 20.1 Å². The number of rotatable bonds is 17. The van der Waals surface area contributed by atoms with Crippen LogP contribution in [0.3, 0.4) is 0 Å². The molecule has 13 heteroatoms. The normalized spacial score (nSPS) is 12.3. The number of nitrogens with one attached hydrogen (secondary N) is 6. The van der Waals surface area contributed by atoms with E-state index in [9.17, 15) is 9.59 Å². The summed E-state index contributed by atoms with van der Waals surface area (Å²) in [6.07, 6.45) is 0. The van der Waals surface area contributed by atoms with E-state index >= 15 is 0 Å². The van der Waals surface area contributed by atoms with Crippen LogP contribution >= 0.6 is 34.8 Å². The van der Waals surface area contributed by atoms with E-state index in [4.69, 9.17) is 46.4 Å². The van der Waals surface area contributed by atoms with Crippen LogP contribution in [0.2, 0.25) is 15.1 Å². The Labute approximate surface area is 510 Å². The van der Waals surface area contributed by atoms with E-state index in [1.165, 1.54) is 5.56 Å². The number of amides is 2. The quantitative estimate of drug-likeness (QED) is 0.0254. The first-order chi connectivity index (χ1) is 37.8. The Balaban J connectivity index is 0.000000414. The van der Waals surface area contributed by atoms with Crippen molar-refractivity contribution < 1.29 is 9.59 Å². The van der Waals surface area contributed by atoms with Gasteiger partial charge in [-0.15, -0.1) is 0 Å². The van der Waals surface area contributed by atoms with Gasteiger partial charge < -0.3 is 11.1 Å². The molecule has 0 aromatic heterocycles. The number of nitrogens with two attached hydrogens (primary N) is 2. The molecule has 0 heterocycles. The summed E-state index contributed by atoms with van der Waals surface area (Å²) < 4.78 is 0. The van der Waals surface area contributed by atoms with Gasteiger partial charge in [0.05, 0.1) is 13.1 Å². The van der Waals surface area contributed by atoms with Crippen LogP contribution in [0.25, 0.3) is 0 Å². The van der Waals surface area contributed by atoms with Crippen LogP contribution in [0.1, 0.15) is 104 Å². The molecule has 0 radical (unpaired) electrons. The Hall–Kier alpha value is -7.45. The largest absolute Gasteiger partial charge is 0.322 e. The molecule has 9 rings (SSSR count). The zero-order valence-corrected chi connectivity index (χ0v) is 46.3. The molecule has 2 amide bonds. The highest BCUT2D eigenvalue weighted by Gasteiger charge is 2.40. The second kappa shape index (κ2) is 34.2. The highest BCUT2D eigenvalue weighted by Crippen LogP contribution is 2.42. The highest BCUT2D eigenvalue weighted by atomic mass is 35.5. The van der Waals surface area contributed by atoms with Crippen molar-refractivity contribution in [3.8, 4) is 0 Å². The van der Waals surface area contributed by atoms with Crippen molar-refractivity contribution in [2.45, 2.75) is 74.5 Å². The highest BCUT2D eigenvalue weighted by molar-refractivity contribution is 6.32. The topological polar surface area (TPSA) is 158 Å². The number of hydrazine groups is 3. The molecule has 0 aliphatic heterocycles. The first kappa shape index (κ1) is 71.7. The summed E-state index contributed by atoms with van der Waals surface area (Å²) in [5.74, 6) is 5.63. The first-order valence-corrected chi connectivity index (χ1v) is 26.5. The Bertz CT molecular complexity index is 3340. The molecule has 3 atom stereocenters. The minimum Gasteiger partial charge on any atom is -0.322 e. The number of likely N-dealkylation sites (N-methyl/N-ethyl adjacent to an activating group) is 1. The molecular weight excluding hydrogens is 1090 g/mol. The Morgan fingerprint density at radius 1 is 0.373 bits per heavy atom. The molecule has 0 aliphatic carbocycles. The number of carbonyl (C=O) groups excluding carboxylic acids is 2. The smallest absolute Gasteiger partial charge is 0.248 e. The van der Waals surface area contributed by atoms with Gasteiger partial charge in [0.1, 0.15) is 16.6 Å². The van der Waals surface area contributed by atoms with Gasteiger partial charge in [0, 0.05) is 31.8 Å². The van der Waals surface area contributed by atoms with E-state index in [0.29, 0.717) is 15.1 Å². The fraction of sp³-hybridized carbons (Fsp3) is 0.200. The SMILES string of the molecule is C.C.C.C.C.CNCC(=O)NNC(c1ccccc1)(c1ccc(C)cc1)c1ccccc1Cl.Cc1ccc(C(NN)(c2ccccc2)c2ccccc2Cl)cc1.Cc1ccc(C(NNC(=O)CN)(c2ccccc2)c2ccccc2Cl)cc1. The van der Waals surface area contributed by atoms with Crippen LogP contribution < -0.4 is 44.0 Å². The monoisotopic (exact) mass is 1170 g/mol. The molecule has 83 heavy (non-hydrogen) atoms. The summed E-state index contributed by atoms with van der Waals surface area (Å²) in [6, 6.07) is 77.8. The summed E-state index contributed by atoms with van der Waals surface area (Å²) in [6.45, 7) is 6.24. The zero-order valence-electron chi connectivity index (χ0n) is 44.0. The van der Waals surface area contributed by atoms with E-state index in [-0.39, 0.29) is 62.0 Å². The maximum atomic E-state index is 12.3. The first-order valence-electron chi connectivity index (χ1n) is 25.4. The fourth-order valence-corrected chi connectivity index (χ4v) is 10.3. The minimum absolute atomic E-state index is 0. The average Bonchev–Trinajstić information content (AvgIpc) is 3.63. The molecule has 0 saturated heterocycles. The lowest BCUT2D eigenvalue weighted by atomic mass is 9.77. The summed E-state index contributed by atoms with van der Waals surface area (Å²) in [7, 11) is 1.73. The van der Waals surface area contributed by atoms with E-state index < -0.39 is 16.6 Å². The number of benzene rings is 9. The fourth-order valence-electron chi connectivity index (χ4n) is 9.45. The maximum absolute atomic E-state index is 12.3. The van der Waals surface area contributed by atoms with Crippen molar-refractivity contribution >= 4 is 46.6 Å². The predicted molar refractivity (Wildman–Crippen MR) is 353 cm³/mol. The van der Waals surface area contributed by atoms with Gasteiger partial charge in [-0.1, -0.05) is 307 Å². The summed E-state index contributed by atoms with van der Waals surface area (Å²) in [4.78, 5) is 24.2. The van der Waals surface area contributed by atoms with Gasteiger partial charge >= 0.3 is 0 Å². The van der Waals surface area contributed by atoms with E-state index in [1.54, 1.807) is 7.05 Å². The van der Waals surface area contributed by atoms with Crippen LogP contribution in [0, 0.1) is 20.8 Å². The number of hydrogen-bond acceptors (Lipinski definition) is 8. The summed E-state index contributed by atoms with van der Waals surface area (Å²) >= 11 is 19.8. The lowest BCUT2D eigenvalue weighted by molar-refractivity contribution is -0.122. The molecule has 0 aliphatic rings. The van der Waals surface area contributed by atoms with Gasteiger partial charge in [-0.2, -0.15) is 0 Å². The predicted octanol–water partition coefficient (Wildman–Crippen LogP) is 14.9. The molecule has 0 bridgehead atoms. The van der Waals surface area contributed by atoms with Crippen LogP contribution in [0.5, 0.6) is 0 Å². The van der Waals surface area contributed by atoms with Crippen LogP contribution in [-0.4, -0.2) is 32.0 Å². The van der Waals surface area contributed by atoms with Gasteiger partial charge in [0.25, 0.3) is 0 Å². The van der Waals surface area contributed by atoms with Crippen molar-refractivity contribution in [2.24, 2.45) is 11.6 Å². The zero-order chi connectivity index (χ0) is 55.5.